The maximum absolute atomic E-state index is 13.7. The predicted molar refractivity (Wildman–Crippen MR) is 123 cm³/mol. The Bertz CT molecular complexity index is 1520. The van der Waals surface area contributed by atoms with Crippen molar-refractivity contribution in [3.63, 3.8) is 0 Å². The molecule has 1 atom stereocenters. The zero-order valence-electron chi connectivity index (χ0n) is 15.7. The summed E-state index contributed by atoms with van der Waals surface area (Å²) in [5, 5.41) is 13.4. The zero-order chi connectivity index (χ0) is 21.3. The lowest BCUT2D eigenvalue weighted by Gasteiger charge is -2.33. The molecule has 2 aromatic carbocycles. The molecule has 1 amide bonds. The van der Waals surface area contributed by atoms with E-state index in [2.05, 4.69) is 53.4 Å². The van der Waals surface area contributed by atoms with Crippen LogP contribution in [0, 0.1) is 3.57 Å². The second kappa shape index (κ2) is 6.17. The summed E-state index contributed by atoms with van der Waals surface area (Å²) in [6.45, 7) is 0. The van der Waals surface area contributed by atoms with Crippen LogP contribution in [-0.4, -0.2) is 26.1 Å². The molecule has 0 fully saturated rings. The molecule has 2 aliphatic heterocycles. The number of hydrogen-bond acceptors (Lipinski definition) is 5. The van der Waals surface area contributed by atoms with Crippen molar-refractivity contribution in [2.45, 2.75) is 5.41 Å². The van der Waals surface area contributed by atoms with Crippen molar-refractivity contribution >= 4 is 45.8 Å². The Kier molecular flexibility index (Phi) is 3.61. The normalized spacial score (nSPS) is 18.2. The minimum Gasteiger partial charge on any atom is -0.324 e. The molecule has 6 rings (SSSR count). The van der Waals surface area contributed by atoms with Crippen LogP contribution in [0.1, 0.15) is 16.7 Å². The highest BCUT2D eigenvalue weighted by atomic mass is 127. The van der Waals surface area contributed by atoms with E-state index in [0.717, 1.165) is 9.13 Å². The van der Waals surface area contributed by atoms with Gasteiger partial charge in [0.1, 0.15) is 11.2 Å². The van der Waals surface area contributed by atoms with E-state index in [1.807, 2.05) is 48.5 Å². The number of carbonyl (C=O) groups is 1. The maximum atomic E-state index is 13.7. The molecule has 4 aromatic rings. The van der Waals surface area contributed by atoms with Gasteiger partial charge in [0.25, 0.3) is 5.56 Å². The fourth-order valence-corrected chi connectivity index (χ4v) is 5.05. The summed E-state index contributed by atoms with van der Waals surface area (Å²) in [7, 11) is 0. The van der Waals surface area contributed by atoms with Gasteiger partial charge in [0.2, 0.25) is 5.91 Å². The Morgan fingerprint density at radius 2 is 1.71 bits per heavy atom. The first-order chi connectivity index (χ1) is 15.0. The van der Waals surface area contributed by atoms with Gasteiger partial charge in [-0.3, -0.25) is 24.7 Å². The van der Waals surface area contributed by atoms with Crippen molar-refractivity contribution in [2.75, 3.05) is 10.6 Å². The number of H-pyrrole nitrogens is 3. The number of aromatic amines is 3. The van der Waals surface area contributed by atoms with Crippen LogP contribution in [0.25, 0.3) is 11.3 Å². The first kappa shape index (κ1) is 18.1. The lowest BCUT2D eigenvalue weighted by Crippen LogP contribution is -2.46. The van der Waals surface area contributed by atoms with Crippen LogP contribution >= 0.6 is 22.6 Å². The van der Waals surface area contributed by atoms with Crippen molar-refractivity contribution in [1.29, 1.82) is 0 Å². The monoisotopic (exact) mass is 524 g/mol. The minimum atomic E-state index is -1.50. The van der Waals surface area contributed by atoms with Crippen molar-refractivity contribution < 1.29 is 4.79 Å². The molecule has 0 saturated heterocycles. The number of aromatic nitrogens is 4. The third kappa shape index (κ3) is 2.30. The third-order valence-electron chi connectivity index (χ3n) is 5.74. The number of fused-ring (bicyclic) bond motifs is 6. The van der Waals surface area contributed by atoms with Gasteiger partial charge in [-0.1, -0.05) is 30.3 Å². The topological polar surface area (TPSA) is 136 Å². The molecule has 2 aromatic heterocycles. The van der Waals surface area contributed by atoms with Crippen LogP contribution in [0.5, 0.6) is 0 Å². The summed E-state index contributed by atoms with van der Waals surface area (Å²) in [4.78, 5) is 43.8. The summed E-state index contributed by atoms with van der Waals surface area (Å²) in [5.41, 5.74) is 0.504. The van der Waals surface area contributed by atoms with Gasteiger partial charge in [-0.05, 0) is 46.4 Å². The molecule has 152 valence electrons. The van der Waals surface area contributed by atoms with Gasteiger partial charge in [-0.15, -0.1) is 0 Å². The summed E-state index contributed by atoms with van der Waals surface area (Å²) in [6.07, 6.45) is 0. The predicted octanol–water partition coefficient (Wildman–Crippen LogP) is 2.40. The first-order valence-corrected chi connectivity index (χ1v) is 10.5. The molecule has 1 unspecified atom stereocenters. The largest absolute Gasteiger partial charge is 0.327 e. The summed E-state index contributed by atoms with van der Waals surface area (Å²) in [6, 6.07) is 15.0. The third-order valence-corrected chi connectivity index (χ3v) is 6.41. The van der Waals surface area contributed by atoms with Gasteiger partial charge >= 0.3 is 5.69 Å². The van der Waals surface area contributed by atoms with Crippen molar-refractivity contribution in [2.24, 2.45) is 0 Å². The van der Waals surface area contributed by atoms with Gasteiger partial charge in [0, 0.05) is 20.4 Å². The number of hydrogen-bond donors (Lipinski definition) is 5. The standard InChI is InChI=1S/C21H13IN6O3/c22-10-6-7-12-11(8-10)21(19(30)23-12)13-15(9-4-2-1-3-5-9)27-28-17(13)24-16-14(21)18(29)26-20(31)25-16/h1-8H,(H,23,30)(H4,24,25,26,27,28,29,31). The zero-order valence-corrected chi connectivity index (χ0v) is 17.8. The fraction of sp³-hybridized carbons (Fsp3) is 0.0476. The Hall–Kier alpha value is -3.67. The van der Waals surface area contributed by atoms with Gasteiger partial charge in [-0.25, -0.2) is 4.79 Å². The second-order valence-electron chi connectivity index (χ2n) is 7.37. The highest BCUT2D eigenvalue weighted by Gasteiger charge is 2.58. The summed E-state index contributed by atoms with van der Waals surface area (Å²) >= 11 is 2.17. The molecule has 4 heterocycles. The van der Waals surface area contributed by atoms with E-state index in [-0.39, 0.29) is 17.3 Å². The number of halogens is 1. The highest BCUT2D eigenvalue weighted by Crippen LogP contribution is 2.55. The smallest absolute Gasteiger partial charge is 0.324 e. The molecule has 31 heavy (non-hydrogen) atoms. The molecular formula is C21H13IN6O3. The van der Waals surface area contributed by atoms with Gasteiger partial charge in [0.05, 0.1) is 11.3 Å². The summed E-state index contributed by atoms with van der Waals surface area (Å²) in [5.74, 6) is 0.133. The number of benzene rings is 2. The van der Waals surface area contributed by atoms with E-state index in [0.29, 0.717) is 28.3 Å². The van der Waals surface area contributed by atoms with Crippen molar-refractivity contribution in [3.8, 4) is 11.3 Å². The van der Waals surface area contributed by atoms with Crippen molar-refractivity contribution in [1.82, 2.24) is 20.2 Å². The Labute approximate surface area is 187 Å². The van der Waals surface area contributed by atoms with Crippen LogP contribution in [-0.2, 0) is 10.2 Å². The number of anilines is 3. The average Bonchev–Trinajstić information content (AvgIpc) is 3.28. The number of nitrogens with one attached hydrogen (secondary N) is 5. The number of amides is 1. The lowest BCUT2D eigenvalue weighted by molar-refractivity contribution is -0.118. The first-order valence-electron chi connectivity index (χ1n) is 9.40. The molecule has 1 spiro atoms. The van der Waals surface area contributed by atoms with Crippen LogP contribution < -0.4 is 21.9 Å². The molecule has 0 saturated carbocycles. The summed E-state index contributed by atoms with van der Waals surface area (Å²) < 4.78 is 0.902. The molecule has 0 radical (unpaired) electrons. The van der Waals surface area contributed by atoms with Crippen LogP contribution in [0.2, 0.25) is 0 Å². The van der Waals surface area contributed by atoms with Gasteiger partial charge < -0.3 is 10.6 Å². The van der Waals surface area contributed by atoms with Crippen molar-refractivity contribution in [3.05, 3.63) is 89.6 Å². The number of rotatable bonds is 1. The van der Waals surface area contributed by atoms with Gasteiger partial charge in [-0.2, -0.15) is 5.10 Å². The SMILES string of the molecule is O=C1Nc2ccc(I)cc2C12c1c(n[nH]c1-c1ccccc1)Nc1[nH]c(=O)[nH]c(=O)c12. The fourth-order valence-electron chi connectivity index (χ4n) is 4.56. The molecule has 9 nitrogen and oxygen atoms in total. The minimum absolute atomic E-state index is 0.122. The van der Waals surface area contributed by atoms with Crippen LogP contribution in [0.4, 0.5) is 17.3 Å². The van der Waals surface area contributed by atoms with Gasteiger partial charge in [0.15, 0.2) is 5.82 Å². The lowest BCUT2D eigenvalue weighted by atomic mass is 9.68. The van der Waals surface area contributed by atoms with Crippen LogP contribution in [0.15, 0.2) is 58.1 Å². The van der Waals surface area contributed by atoms with E-state index in [1.165, 1.54) is 0 Å². The van der Waals surface area contributed by atoms with E-state index >= 15 is 0 Å². The number of carbonyl (C=O) groups excluding carboxylic acids is 1. The molecule has 10 heteroatoms. The van der Waals surface area contributed by atoms with E-state index in [9.17, 15) is 14.4 Å². The number of nitrogens with zero attached hydrogens (tertiary/aromatic N) is 1. The Morgan fingerprint density at radius 3 is 2.52 bits per heavy atom. The molecule has 0 bridgehead atoms. The van der Waals surface area contributed by atoms with E-state index in [1.54, 1.807) is 0 Å². The molecule has 2 aliphatic rings. The Balaban J connectivity index is 1.81. The van der Waals surface area contributed by atoms with E-state index in [4.69, 9.17) is 0 Å². The highest BCUT2D eigenvalue weighted by molar-refractivity contribution is 14.1. The molecular weight excluding hydrogens is 511 g/mol. The maximum Gasteiger partial charge on any atom is 0.327 e. The average molecular weight is 524 g/mol. The second-order valence-corrected chi connectivity index (χ2v) is 8.61. The molecule has 5 N–H and O–H groups in total. The quantitative estimate of drug-likeness (QED) is 0.244. The van der Waals surface area contributed by atoms with E-state index < -0.39 is 16.7 Å². The Morgan fingerprint density at radius 1 is 0.903 bits per heavy atom. The molecule has 0 aliphatic carbocycles. The van der Waals surface area contributed by atoms with Crippen LogP contribution in [0.3, 0.4) is 0 Å².